The Kier molecular flexibility index (Phi) is 3.31. The summed E-state index contributed by atoms with van der Waals surface area (Å²) < 4.78 is 0. The molecule has 0 atom stereocenters. The number of amides is 1. The van der Waals surface area contributed by atoms with Gasteiger partial charge in [-0.05, 0) is 30.8 Å². The zero-order chi connectivity index (χ0) is 11.5. The molecule has 0 saturated heterocycles. The van der Waals surface area contributed by atoms with Gasteiger partial charge in [0, 0.05) is 6.08 Å². The van der Waals surface area contributed by atoms with Crippen LogP contribution < -0.4 is 5.32 Å². The molecule has 3 heteroatoms. The number of rotatable bonds is 1. The average Bonchev–Trinajstić information content (AvgIpc) is 1.99. The highest BCUT2D eigenvalue weighted by Crippen LogP contribution is 2.37. The topological polar surface area (TPSA) is 52.9 Å². The van der Waals surface area contributed by atoms with E-state index in [0.717, 1.165) is 18.4 Å². The van der Waals surface area contributed by atoms with Gasteiger partial charge < -0.3 is 0 Å². The van der Waals surface area contributed by atoms with E-state index in [1.165, 1.54) is 11.6 Å². The SMILES string of the molecule is CC1=CC(=CC(=O)NC#N)CC(C)(C)C1. The van der Waals surface area contributed by atoms with Crippen molar-refractivity contribution in [2.75, 3.05) is 0 Å². The molecule has 0 spiro atoms. The van der Waals surface area contributed by atoms with E-state index in [0.29, 0.717) is 0 Å². The van der Waals surface area contributed by atoms with Crippen molar-refractivity contribution in [3.63, 3.8) is 0 Å². The summed E-state index contributed by atoms with van der Waals surface area (Å²) in [5.74, 6) is -0.339. The molecule has 0 unspecified atom stereocenters. The second kappa shape index (κ2) is 4.31. The lowest BCUT2D eigenvalue weighted by molar-refractivity contribution is -0.115. The summed E-state index contributed by atoms with van der Waals surface area (Å²) in [6.07, 6.45) is 7.10. The molecule has 0 bridgehead atoms. The normalized spacial score (nSPS) is 21.7. The molecular weight excluding hydrogens is 188 g/mol. The molecule has 80 valence electrons. The van der Waals surface area contributed by atoms with Crippen LogP contribution in [0.4, 0.5) is 0 Å². The third-order valence-corrected chi connectivity index (χ3v) is 2.37. The first kappa shape index (κ1) is 11.5. The number of hydrogen-bond donors (Lipinski definition) is 1. The first-order valence-corrected chi connectivity index (χ1v) is 5.00. The van der Waals surface area contributed by atoms with Crippen LogP contribution in [0.15, 0.2) is 23.3 Å². The predicted molar refractivity (Wildman–Crippen MR) is 58.6 cm³/mol. The second-order valence-corrected chi connectivity index (χ2v) is 4.83. The van der Waals surface area contributed by atoms with E-state index in [4.69, 9.17) is 5.26 Å². The van der Waals surface area contributed by atoms with Crippen LogP contribution in [0.25, 0.3) is 0 Å². The molecule has 0 heterocycles. The Labute approximate surface area is 90.5 Å². The minimum atomic E-state index is -0.339. The molecule has 0 aromatic rings. The van der Waals surface area contributed by atoms with E-state index >= 15 is 0 Å². The molecule has 1 amide bonds. The maximum atomic E-state index is 11.2. The number of nitrogens with zero attached hydrogens (tertiary/aromatic N) is 1. The fraction of sp³-hybridized carbons (Fsp3) is 0.500. The lowest BCUT2D eigenvalue weighted by atomic mass is 9.75. The molecule has 1 aliphatic carbocycles. The third-order valence-electron chi connectivity index (χ3n) is 2.37. The van der Waals surface area contributed by atoms with E-state index in [1.807, 2.05) is 6.08 Å². The van der Waals surface area contributed by atoms with Gasteiger partial charge in [-0.2, -0.15) is 5.26 Å². The Morgan fingerprint density at radius 2 is 2.27 bits per heavy atom. The van der Waals surface area contributed by atoms with E-state index in [9.17, 15) is 4.79 Å². The summed E-state index contributed by atoms with van der Waals surface area (Å²) in [4.78, 5) is 11.2. The van der Waals surface area contributed by atoms with Crippen molar-refractivity contribution in [2.24, 2.45) is 5.41 Å². The number of nitriles is 1. The van der Waals surface area contributed by atoms with Crippen LogP contribution in [0.2, 0.25) is 0 Å². The Balaban J connectivity index is 2.84. The molecule has 1 rings (SSSR count). The minimum absolute atomic E-state index is 0.206. The van der Waals surface area contributed by atoms with Crippen LogP contribution in [0, 0.1) is 16.9 Å². The smallest absolute Gasteiger partial charge is 0.257 e. The highest BCUT2D eigenvalue weighted by atomic mass is 16.1. The molecule has 0 fully saturated rings. The monoisotopic (exact) mass is 204 g/mol. The summed E-state index contributed by atoms with van der Waals surface area (Å²) in [6.45, 7) is 6.43. The lowest BCUT2D eigenvalue weighted by Gasteiger charge is -2.30. The summed E-state index contributed by atoms with van der Waals surface area (Å²) in [5, 5.41) is 10.4. The van der Waals surface area contributed by atoms with Crippen molar-refractivity contribution in [3.05, 3.63) is 23.3 Å². The number of nitrogens with one attached hydrogen (secondary N) is 1. The van der Waals surface area contributed by atoms with E-state index in [2.05, 4.69) is 26.1 Å². The van der Waals surface area contributed by atoms with E-state index in [-0.39, 0.29) is 11.3 Å². The molecule has 3 nitrogen and oxygen atoms in total. The van der Waals surface area contributed by atoms with Gasteiger partial charge in [0.25, 0.3) is 5.91 Å². The van der Waals surface area contributed by atoms with Crippen molar-refractivity contribution >= 4 is 5.91 Å². The van der Waals surface area contributed by atoms with Gasteiger partial charge in [-0.1, -0.05) is 25.5 Å². The molecule has 0 aromatic heterocycles. The summed E-state index contributed by atoms with van der Waals surface area (Å²) in [7, 11) is 0. The zero-order valence-corrected chi connectivity index (χ0v) is 9.42. The number of hydrogen-bond acceptors (Lipinski definition) is 2. The van der Waals surface area contributed by atoms with Crippen molar-refractivity contribution in [1.82, 2.24) is 5.32 Å². The molecule has 1 N–H and O–H groups in total. The van der Waals surface area contributed by atoms with E-state index < -0.39 is 0 Å². The quantitative estimate of drug-likeness (QED) is 0.404. The van der Waals surface area contributed by atoms with Gasteiger partial charge in [-0.25, -0.2) is 0 Å². The number of allylic oxidation sites excluding steroid dienone is 3. The van der Waals surface area contributed by atoms with Gasteiger partial charge in [0.1, 0.15) is 0 Å². The highest BCUT2D eigenvalue weighted by molar-refractivity contribution is 5.89. The van der Waals surface area contributed by atoms with Crippen LogP contribution in [0.3, 0.4) is 0 Å². The summed E-state index contributed by atoms with van der Waals surface area (Å²) >= 11 is 0. The number of carbonyl (C=O) groups is 1. The molecule has 15 heavy (non-hydrogen) atoms. The number of carbonyl (C=O) groups excluding carboxylic acids is 1. The van der Waals surface area contributed by atoms with Gasteiger partial charge in [0.2, 0.25) is 0 Å². The first-order chi connectivity index (χ1) is 6.93. The van der Waals surface area contributed by atoms with Crippen molar-refractivity contribution in [3.8, 4) is 6.19 Å². The zero-order valence-electron chi connectivity index (χ0n) is 9.42. The third kappa shape index (κ3) is 3.59. The van der Waals surface area contributed by atoms with Gasteiger partial charge >= 0.3 is 0 Å². The van der Waals surface area contributed by atoms with Gasteiger partial charge in [-0.3, -0.25) is 10.1 Å². The van der Waals surface area contributed by atoms with Gasteiger partial charge in [0.05, 0.1) is 0 Å². The molecule has 0 saturated carbocycles. The Hall–Kier alpha value is -1.56. The molecular formula is C12H16N2O. The Bertz CT molecular complexity index is 370. The lowest BCUT2D eigenvalue weighted by Crippen LogP contribution is -2.19. The van der Waals surface area contributed by atoms with Crippen LogP contribution >= 0.6 is 0 Å². The summed E-state index contributed by atoms with van der Waals surface area (Å²) in [6, 6.07) is 0. The highest BCUT2D eigenvalue weighted by Gasteiger charge is 2.23. The van der Waals surface area contributed by atoms with Crippen LogP contribution in [-0.2, 0) is 4.79 Å². The second-order valence-electron chi connectivity index (χ2n) is 4.83. The minimum Gasteiger partial charge on any atom is -0.269 e. The van der Waals surface area contributed by atoms with E-state index in [1.54, 1.807) is 6.19 Å². The van der Waals surface area contributed by atoms with Crippen molar-refractivity contribution in [1.29, 1.82) is 5.26 Å². The van der Waals surface area contributed by atoms with Crippen LogP contribution in [0.5, 0.6) is 0 Å². The predicted octanol–water partition coefficient (Wildman–Crippen LogP) is 2.28. The van der Waals surface area contributed by atoms with Gasteiger partial charge in [-0.15, -0.1) is 0 Å². The molecule has 0 aliphatic heterocycles. The van der Waals surface area contributed by atoms with Crippen molar-refractivity contribution in [2.45, 2.75) is 33.6 Å². The summed E-state index contributed by atoms with van der Waals surface area (Å²) in [5.41, 5.74) is 2.48. The average molecular weight is 204 g/mol. The molecule has 1 aliphatic rings. The maximum Gasteiger partial charge on any atom is 0.257 e. The Morgan fingerprint density at radius 1 is 1.60 bits per heavy atom. The largest absolute Gasteiger partial charge is 0.269 e. The molecule has 0 radical (unpaired) electrons. The van der Waals surface area contributed by atoms with Crippen LogP contribution in [0.1, 0.15) is 33.6 Å². The fourth-order valence-electron chi connectivity index (χ4n) is 2.14. The fourth-order valence-corrected chi connectivity index (χ4v) is 2.14. The van der Waals surface area contributed by atoms with Crippen molar-refractivity contribution < 1.29 is 4.79 Å². The van der Waals surface area contributed by atoms with Crippen LogP contribution in [-0.4, -0.2) is 5.91 Å². The molecule has 0 aromatic carbocycles. The maximum absolute atomic E-state index is 11.2. The standard InChI is InChI=1S/C12H16N2O/c1-9-4-10(5-11(15)14-8-13)7-12(2,3)6-9/h4-5H,6-7H2,1-3H3,(H,14,15). The first-order valence-electron chi connectivity index (χ1n) is 5.00. The van der Waals surface area contributed by atoms with Gasteiger partial charge in [0.15, 0.2) is 6.19 Å². The Morgan fingerprint density at radius 3 is 2.80 bits per heavy atom.